The van der Waals surface area contributed by atoms with E-state index >= 15 is 0 Å². The molecule has 4 nitrogen and oxygen atoms in total. The highest BCUT2D eigenvalue weighted by atomic mass is 32.2. The maximum absolute atomic E-state index is 12.4. The van der Waals surface area contributed by atoms with Gasteiger partial charge in [0, 0.05) is 37.6 Å². The molecule has 0 aliphatic carbocycles. The number of rotatable bonds is 7. The molecular weight excluding hydrogens is 356 g/mol. The van der Waals surface area contributed by atoms with E-state index in [0.29, 0.717) is 5.75 Å². The molecular formula is C22H26N2O2S. The third-order valence-corrected chi connectivity index (χ3v) is 5.50. The minimum Gasteiger partial charge on any atom is -0.497 e. The highest BCUT2D eigenvalue weighted by Crippen LogP contribution is 2.20. The zero-order chi connectivity index (χ0) is 18.9. The van der Waals surface area contributed by atoms with E-state index in [-0.39, 0.29) is 5.91 Å². The zero-order valence-corrected chi connectivity index (χ0v) is 16.5. The quantitative estimate of drug-likeness (QED) is 0.682. The highest BCUT2D eigenvalue weighted by Gasteiger charge is 2.20. The van der Waals surface area contributed by atoms with Crippen molar-refractivity contribution < 1.29 is 9.53 Å². The van der Waals surface area contributed by atoms with Crippen LogP contribution in [0.5, 0.6) is 5.75 Å². The van der Waals surface area contributed by atoms with Gasteiger partial charge in [-0.15, -0.1) is 11.8 Å². The number of methoxy groups -OCH3 is 1. The van der Waals surface area contributed by atoms with E-state index in [1.54, 1.807) is 18.9 Å². The van der Waals surface area contributed by atoms with E-state index in [4.69, 9.17) is 4.74 Å². The minimum atomic E-state index is 0.238. The van der Waals surface area contributed by atoms with Crippen LogP contribution in [-0.4, -0.2) is 55.6 Å². The van der Waals surface area contributed by atoms with Crippen LogP contribution in [0.25, 0.3) is 6.08 Å². The van der Waals surface area contributed by atoms with Crippen molar-refractivity contribution in [3.8, 4) is 5.75 Å². The van der Waals surface area contributed by atoms with Crippen LogP contribution in [0, 0.1) is 0 Å². The van der Waals surface area contributed by atoms with Crippen molar-refractivity contribution in [2.24, 2.45) is 0 Å². The lowest BCUT2D eigenvalue weighted by Crippen LogP contribution is -2.49. The van der Waals surface area contributed by atoms with Gasteiger partial charge in [-0.1, -0.05) is 42.5 Å². The first-order chi connectivity index (χ1) is 13.3. The van der Waals surface area contributed by atoms with Crippen LogP contribution in [0.3, 0.4) is 0 Å². The summed E-state index contributed by atoms with van der Waals surface area (Å²) in [5, 5.41) is 0. The molecule has 0 bridgehead atoms. The Hall–Kier alpha value is -2.40. The smallest absolute Gasteiger partial charge is 0.232 e. The summed E-state index contributed by atoms with van der Waals surface area (Å²) in [6, 6.07) is 18.3. The predicted molar refractivity (Wildman–Crippen MR) is 115 cm³/mol. The van der Waals surface area contributed by atoms with E-state index in [1.165, 1.54) is 11.3 Å². The second kappa shape index (κ2) is 10.1. The molecule has 1 aliphatic heterocycles. The number of carbonyl (C=O) groups excluding carboxylic acids is 1. The first-order valence-electron chi connectivity index (χ1n) is 9.22. The predicted octanol–water partition coefficient (Wildman–Crippen LogP) is 3.79. The van der Waals surface area contributed by atoms with E-state index in [2.05, 4.69) is 41.3 Å². The minimum absolute atomic E-state index is 0.238. The van der Waals surface area contributed by atoms with Crippen LogP contribution in [0.1, 0.15) is 5.56 Å². The Labute approximate surface area is 165 Å². The molecule has 0 aromatic heterocycles. The second-order valence-electron chi connectivity index (χ2n) is 6.39. The number of hydrogen-bond acceptors (Lipinski definition) is 4. The van der Waals surface area contributed by atoms with Gasteiger partial charge >= 0.3 is 0 Å². The molecule has 142 valence electrons. The molecule has 5 heteroatoms. The van der Waals surface area contributed by atoms with Gasteiger partial charge in [-0.25, -0.2) is 0 Å². The number of benzene rings is 2. The number of amides is 1. The standard InChI is InChI=1S/C22H26N2O2S/c1-26-21-11-9-20(10-12-21)23-13-15-24(16-14-23)22(25)18-27-17-5-8-19-6-3-2-4-7-19/h2-12H,13-18H2,1H3/b8-5+. The summed E-state index contributed by atoms with van der Waals surface area (Å²) in [4.78, 5) is 16.7. The first-order valence-corrected chi connectivity index (χ1v) is 10.4. The van der Waals surface area contributed by atoms with Gasteiger partial charge in [-0.2, -0.15) is 0 Å². The maximum Gasteiger partial charge on any atom is 0.232 e. The number of nitrogens with zero attached hydrogens (tertiary/aromatic N) is 2. The van der Waals surface area contributed by atoms with Crippen LogP contribution in [0.4, 0.5) is 5.69 Å². The molecule has 1 fully saturated rings. The van der Waals surface area contributed by atoms with Crippen LogP contribution in [0.2, 0.25) is 0 Å². The SMILES string of the molecule is COc1ccc(N2CCN(C(=O)CSC/C=C/c3ccccc3)CC2)cc1. The third-order valence-electron chi connectivity index (χ3n) is 4.62. The Balaban J connectivity index is 1.37. The van der Waals surface area contributed by atoms with Crippen LogP contribution < -0.4 is 9.64 Å². The fraction of sp³-hybridized carbons (Fsp3) is 0.318. The zero-order valence-electron chi connectivity index (χ0n) is 15.7. The molecule has 0 atom stereocenters. The molecule has 1 heterocycles. The molecule has 1 aliphatic rings. The number of carbonyl (C=O) groups is 1. The van der Waals surface area contributed by atoms with Gasteiger partial charge in [-0.05, 0) is 29.8 Å². The van der Waals surface area contributed by atoms with Crippen molar-refractivity contribution in [1.82, 2.24) is 4.90 Å². The van der Waals surface area contributed by atoms with Gasteiger partial charge in [0.25, 0.3) is 0 Å². The number of hydrogen-bond donors (Lipinski definition) is 0. The molecule has 3 rings (SSSR count). The van der Waals surface area contributed by atoms with Gasteiger partial charge < -0.3 is 14.5 Å². The van der Waals surface area contributed by atoms with Gasteiger partial charge in [0.15, 0.2) is 0 Å². The van der Waals surface area contributed by atoms with E-state index < -0.39 is 0 Å². The van der Waals surface area contributed by atoms with Gasteiger partial charge in [0.1, 0.15) is 5.75 Å². The molecule has 27 heavy (non-hydrogen) atoms. The Bertz CT molecular complexity index is 739. The molecule has 0 saturated carbocycles. The Morgan fingerprint density at radius 1 is 1.04 bits per heavy atom. The fourth-order valence-corrected chi connectivity index (χ4v) is 3.77. The lowest BCUT2D eigenvalue weighted by atomic mass is 10.2. The van der Waals surface area contributed by atoms with Crippen LogP contribution >= 0.6 is 11.8 Å². The summed E-state index contributed by atoms with van der Waals surface area (Å²) in [5.74, 6) is 2.50. The topological polar surface area (TPSA) is 32.8 Å². The third kappa shape index (κ3) is 5.79. The van der Waals surface area contributed by atoms with Crippen molar-refractivity contribution in [2.45, 2.75) is 0 Å². The van der Waals surface area contributed by atoms with Crippen molar-refractivity contribution in [2.75, 3.05) is 49.7 Å². The molecule has 0 unspecified atom stereocenters. The first kappa shape index (κ1) is 19.4. The number of ether oxygens (including phenoxy) is 1. The summed E-state index contributed by atoms with van der Waals surface area (Å²) in [7, 11) is 1.68. The van der Waals surface area contributed by atoms with Crippen LogP contribution in [-0.2, 0) is 4.79 Å². The number of piperazine rings is 1. The lowest BCUT2D eigenvalue weighted by Gasteiger charge is -2.36. The van der Waals surface area contributed by atoms with E-state index in [9.17, 15) is 4.79 Å². The van der Waals surface area contributed by atoms with E-state index in [0.717, 1.165) is 37.7 Å². The Kier molecular flexibility index (Phi) is 7.22. The van der Waals surface area contributed by atoms with Crippen molar-refractivity contribution in [1.29, 1.82) is 0 Å². The summed E-state index contributed by atoms with van der Waals surface area (Å²) >= 11 is 1.67. The molecule has 1 amide bonds. The maximum atomic E-state index is 12.4. The van der Waals surface area contributed by atoms with Crippen molar-refractivity contribution >= 4 is 29.4 Å². The van der Waals surface area contributed by atoms with Crippen molar-refractivity contribution in [3.63, 3.8) is 0 Å². The van der Waals surface area contributed by atoms with Gasteiger partial charge in [0.2, 0.25) is 5.91 Å². The monoisotopic (exact) mass is 382 g/mol. The van der Waals surface area contributed by atoms with Crippen LogP contribution in [0.15, 0.2) is 60.7 Å². The fourth-order valence-electron chi connectivity index (χ4n) is 3.06. The number of thioether (sulfide) groups is 1. The molecule has 2 aromatic carbocycles. The van der Waals surface area contributed by atoms with Crippen molar-refractivity contribution in [3.05, 3.63) is 66.2 Å². The Morgan fingerprint density at radius 3 is 2.41 bits per heavy atom. The highest BCUT2D eigenvalue weighted by molar-refractivity contribution is 8.00. The molecule has 0 radical (unpaired) electrons. The number of anilines is 1. The second-order valence-corrected chi connectivity index (χ2v) is 7.42. The molecule has 0 spiro atoms. The average molecular weight is 383 g/mol. The van der Waals surface area contributed by atoms with Gasteiger partial charge in [0.05, 0.1) is 12.9 Å². The largest absolute Gasteiger partial charge is 0.497 e. The summed E-state index contributed by atoms with van der Waals surface area (Å²) in [6.07, 6.45) is 4.22. The lowest BCUT2D eigenvalue weighted by molar-refractivity contribution is -0.128. The normalized spacial score (nSPS) is 14.6. The molecule has 2 aromatic rings. The average Bonchev–Trinajstić information content (AvgIpc) is 2.74. The Morgan fingerprint density at radius 2 is 1.74 bits per heavy atom. The summed E-state index contributed by atoms with van der Waals surface area (Å²) in [5.41, 5.74) is 2.38. The molecule has 0 N–H and O–H groups in total. The summed E-state index contributed by atoms with van der Waals surface area (Å²) < 4.78 is 5.21. The molecule has 1 saturated heterocycles. The van der Waals surface area contributed by atoms with Gasteiger partial charge in [-0.3, -0.25) is 4.79 Å². The van der Waals surface area contributed by atoms with E-state index in [1.807, 2.05) is 35.2 Å². The summed E-state index contributed by atoms with van der Waals surface area (Å²) in [6.45, 7) is 3.31.